The van der Waals surface area contributed by atoms with Crippen LogP contribution in [0.15, 0.2) is 30.3 Å². The van der Waals surface area contributed by atoms with Crippen molar-refractivity contribution in [1.29, 1.82) is 0 Å². The van der Waals surface area contributed by atoms with Crippen LogP contribution in [0.25, 0.3) is 0 Å². The molecule has 0 aromatic heterocycles. The number of carbonyl (C=O) groups is 1. The molecule has 1 aliphatic rings. The molecular weight excluding hydrogens is 252 g/mol. The Balaban J connectivity index is 2.02. The lowest BCUT2D eigenvalue weighted by Gasteiger charge is -2.39. The van der Waals surface area contributed by atoms with E-state index in [2.05, 4.69) is 41.1 Å². The third-order valence-corrected chi connectivity index (χ3v) is 4.01. The number of nitrogens with zero attached hydrogens (tertiary/aromatic N) is 2. The minimum Gasteiger partial charge on any atom is -0.481 e. The molecule has 4 heteroatoms. The maximum absolute atomic E-state index is 10.7. The Morgan fingerprint density at radius 3 is 2.55 bits per heavy atom. The zero-order valence-electron chi connectivity index (χ0n) is 12.2. The van der Waals surface area contributed by atoms with Gasteiger partial charge in [0.15, 0.2) is 0 Å². The summed E-state index contributed by atoms with van der Waals surface area (Å²) in [6.07, 6.45) is 3.25. The molecule has 0 spiro atoms. The maximum Gasteiger partial charge on any atom is 0.303 e. The summed E-state index contributed by atoms with van der Waals surface area (Å²) in [6.45, 7) is 3.06. The lowest BCUT2D eigenvalue weighted by atomic mass is 10.0. The minimum absolute atomic E-state index is 0.246. The zero-order valence-corrected chi connectivity index (χ0v) is 12.2. The van der Waals surface area contributed by atoms with Gasteiger partial charge < -0.3 is 14.9 Å². The van der Waals surface area contributed by atoms with Crippen LogP contribution < -0.4 is 4.90 Å². The third kappa shape index (κ3) is 4.23. The van der Waals surface area contributed by atoms with E-state index < -0.39 is 5.97 Å². The first-order chi connectivity index (χ1) is 9.66. The molecule has 1 N–H and O–H groups in total. The molecule has 20 heavy (non-hydrogen) atoms. The number of likely N-dealkylation sites (tertiary alicyclic amines) is 1. The Labute approximate surface area is 121 Å². The van der Waals surface area contributed by atoms with E-state index in [-0.39, 0.29) is 6.42 Å². The first-order valence-corrected chi connectivity index (χ1v) is 7.39. The minimum atomic E-state index is -0.707. The Kier molecular flexibility index (Phi) is 5.41. The van der Waals surface area contributed by atoms with E-state index in [0.29, 0.717) is 12.5 Å². The number of hydrogen-bond acceptors (Lipinski definition) is 3. The van der Waals surface area contributed by atoms with Crippen LogP contribution in [0.3, 0.4) is 0 Å². The van der Waals surface area contributed by atoms with Gasteiger partial charge in [0.25, 0.3) is 0 Å². The number of aliphatic carboxylic acids is 1. The van der Waals surface area contributed by atoms with E-state index in [9.17, 15) is 4.79 Å². The van der Waals surface area contributed by atoms with Gasteiger partial charge in [-0.05, 0) is 51.5 Å². The highest BCUT2D eigenvalue weighted by Gasteiger charge is 2.23. The van der Waals surface area contributed by atoms with Crippen LogP contribution in [0, 0.1) is 0 Å². The highest BCUT2D eigenvalue weighted by atomic mass is 16.4. The van der Waals surface area contributed by atoms with Crippen molar-refractivity contribution >= 4 is 11.7 Å². The summed E-state index contributed by atoms with van der Waals surface area (Å²) < 4.78 is 0. The van der Waals surface area contributed by atoms with Gasteiger partial charge in [-0.25, -0.2) is 0 Å². The average Bonchev–Trinajstić information content (AvgIpc) is 2.46. The molecule has 0 radical (unpaired) electrons. The van der Waals surface area contributed by atoms with Crippen molar-refractivity contribution in [1.82, 2.24) is 4.90 Å². The second-order valence-corrected chi connectivity index (χ2v) is 5.56. The number of benzene rings is 1. The molecule has 1 heterocycles. The molecule has 1 aromatic rings. The summed E-state index contributed by atoms with van der Waals surface area (Å²) in [4.78, 5) is 15.5. The molecule has 1 saturated heterocycles. The van der Waals surface area contributed by atoms with Crippen molar-refractivity contribution in [2.45, 2.75) is 31.7 Å². The van der Waals surface area contributed by atoms with Crippen molar-refractivity contribution < 1.29 is 9.90 Å². The summed E-state index contributed by atoms with van der Waals surface area (Å²) >= 11 is 0. The molecule has 0 bridgehead atoms. The number of piperidine rings is 1. The van der Waals surface area contributed by atoms with E-state index in [1.165, 1.54) is 5.69 Å². The van der Waals surface area contributed by atoms with E-state index >= 15 is 0 Å². The number of carboxylic acid groups (broad SMARTS) is 1. The third-order valence-electron chi connectivity index (χ3n) is 4.01. The predicted octanol–water partition coefficient (Wildman–Crippen LogP) is 2.45. The summed E-state index contributed by atoms with van der Waals surface area (Å²) in [5.41, 5.74) is 1.22. The van der Waals surface area contributed by atoms with Crippen molar-refractivity contribution in [2.75, 3.05) is 31.6 Å². The van der Waals surface area contributed by atoms with E-state index in [1.54, 1.807) is 0 Å². The molecule has 1 aliphatic heterocycles. The molecular formula is C16H24N2O2. The molecule has 110 valence electrons. The first kappa shape index (κ1) is 14.9. The van der Waals surface area contributed by atoms with Gasteiger partial charge in [-0.15, -0.1) is 0 Å². The van der Waals surface area contributed by atoms with Gasteiger partial charge in [-0.2, -0.15) is 0 Å². The Morgan fingerprint density at radius 2 is 1.95 bits per heavy atom. The zero-order chi connectivity index (χ0) is 14.4. The molecule has 0 aliphatic carbocycles. The lowest BCUT2D eigenvalue weighted by Crippen LogP contribution is -2.44. The molecule has 1 fully saturated rings. The number of rotatable bonds is 6. The quantitative estimate of drug-likeness (QED) is 0.867. The van der Waals surface area contributed by atoms with Crippen LogP contribution >= 0.6 is 0 Å². The first-order valence-electron chi connectivity index (χ1n) is 7.39. The van der Waals surface area contributed by atoms with Crippen molar-refractivity contribution in [3.63, 3.8) is 0 Å². The maximum atomic E-state index is 10.7. The van der Waals surface area contributed by atoms with E-state index in [4.69, 9.17) is 5.11 Å². The van der Waals surface area contributed by atoms with Gasteiger partial charge in [-0.3, -0.25) is 4.79 Å². The average molecular weight is 276 g/mol. The fraction of sp³-hybridized carbons (Fsp3) is 0.562. The fourth-order valence-electron chi connectivity index (χ4n) is 2.85. The molecule has 1 aromatic carbocycles. The largest absolute Gasteiger partial charge is 0.481 e. The van der Waals surface area contributed by atoms with Crippen LogP contribution in [0.1, 0.15) is 25.7 Å². The van der Waals surface area contributed by atoms with Gasteiger partial charge in [-0.1, -0.05) is 18.2 Å². The van der Waals surface area contributed by atoms with E-state index in [0.717, 1.165) is 32.5 Å². The number of anilines is 1. The summed E-state index contributed by atoms with van der Waals surface area (Å²) in [5, 5.41) is 8.82. The summed E-state index contributed by atoms with van der Waals surface area (Å²) in [6, 6.07) is 10.9. The standard InChI is InChI=1S/C16H24N2O2/c1-17-12-9-15(10-13-17)18(11-5-8-16(19)20)14-6-3-2-4-7-14/h2-4,6-7,15H,5,8-13H2,1H3,(H,19,20). The molecule has 0 atom stereocenters. The number of carboxylic acids is 1. The number of hydrogen-bond donors (Lipinski definition) is 1. The fourth-order valence-corrected chi connectivity index (χ4v) is 2.85. The Morgan fingerprint density at radius 1 is 1.30 bits per heavy atom. The summed E-state index contributed by atoms with van der Waals surface area (Å²) in [7, 11) is 2.16. The van der Waals surface area contributed by atoms with Crippen LogP contribution in [-0.4, -0.2) is 48.7 Å². The van der Waals surface area contributed by atoms with Crippen LogP contribution in [-0.2, 0) is 4.79 Å². The molecule has 0 unspecified atom stereocenters. The smallest absolute Gasteiger partial charge is 0.303 e. The second kappa shape index (κ2) is 7.29. The Bertz CT molecular complexity index is 414. The molecule has 2 rings (SSSR count). The van der Waals surface area contributed by atoms with Crippen LogP contribution in [0.2, 0.25) is 0 Å². The van der Waals surface area contributed by atoms with Gasteiger partial charge in [0.05, 0.1) is 0 Å². The van der Waals surface area contributed by atoms with Gasteiger partial charge in [0.1, 0.15) is 0 Å². The molecule has 0 amide bonds. The topological polar surface area (TPSA) is 43.8 Å². The number of para-hydroxylation sites is 1. The highest BCUT2D eigenvalue weighted by Crippen LogP contribution is 2.23. The van der Waals surface area contributed by atoms with Crippen molar-refractivity contribution in [3.8, 4) is 0 Å². The SMILES string of the molecule is CN1CCC(N(CCCC(=O)O)c2ccccc2)CC1. The van der Waals surface area contributed by atoms with Gasteiger partial charge in [0.2, 0.25) is 0 Å². The van der Waals surface area contributed by atoms with Gasteiger partial charge >= 0.3 is 5.97 Å². The van der Waals surface area contributed by atoms with Crippen LogP contribution in [0.5, 0.6) is 0 Å². The Hall–Kier alpha value is -1.55. The summed E-state index contributed by atoms with van der Waals surface area (Å²) in [5.74, 6) is -0.707. The van der Waals surface area contributed by atoms with Crippen LogP contribution in [0.4, 0.5) is 5.69 Å². The monoisotopic (exact) mass is 276 g/mol. The lowest BCUT2D eigenvalue weighted by molar-refractivity contribution is -0.137. The van der Waals surface area contributed by atoms with E-state index in [1.807, 2.05) is 6.07 Å². The normalized spacial score (nSPS) is 17.1. The molecule has 4 nitrogen and oxygen atoms in total. The highest BCUT2D eigenvalue weighted by molar-refractivity contribution is 5.66. The second-order valence-electron chi connectivity index (χ2n) is 5.56. The predicted molar refractivity (Wildman–Crippen MR) is 81.2 cm³/mol. The van der Waals surface area contributed by atoms with Gasteiger partial charge in [0, 0.05) is 24.7 Å². The molecule has 0 saturated carbocycles. The van der Waals surface area contributed by atoms with Crippen molar-refractivity contribution in [3.05, 3.63) is 30.3 Å². The van der Waals surface area contributed by atoms with Crippen molar-refractivity contribution in [2.24, 2.45) is 0 Å².